The zero-order valence-corrected chi connectivity index (χ0v) is 12.7. The summed E-state index contributed by atoms with van der Waals surface area (Å²) in [5.74, 6) is 0.259. The molecule has 2 unspecified atom stereocenters. The highest BCUT2D eigenvalue weighted by molar-refractivity contribution is 6.07. The van der Waals surface area contributed by atoms with Crippen molar-refractivity contribution in [1.29, 1.82) is 0 Å². The lowest BCUT2D eigenvalue weighted by molar-refractivity contribution is -0.0702. The van der Waals surface area contributed by atoms with Gasteiger partial charge >= 0.3 is 0 Å². The van der Waals surface area contributed by atoms with Crippen LogP contribution in [0.2, 0.25) is 0 Å². The van der Waals surface area contributed by atoms with Gasteiger partial charge in [-0.15, -0.1) is 0 Å². The monoisotopic (exact) mass is 296 g/mol. The first-order chi connectivity index (χ1) is 10.7. The van der Waals surface area contributed by atoms with Crippen LogP contribution < -0.4 is 0 Å². The number of ether oxygens (including phenoxy) is 1. The van der Waals surface area contributed by atoms with Gasteiger partial charge in [0.05, 0.1) is 13.2 Å². The minimum Gasteiger partial charge on any atom is -0.378 e. The molecule has 1 aromatic heterocycles. The van der Waals surface area contributed by atoms with Crippen molar-refractivity contribution in [2.75, 3.05) is 20.3 Å². The molecule has 2 fully saturated rings. The third-order valence-corrected chi connectivity index (χ3v) is 5.16. The molecular formula is C18H20N2O2. The van der Waals surface area contributed by atoms with E-state index in [1.807, 2.05) is 30.3 Å². The highest BCUT2D eigenvalue weighted by atomic mass is 16.5. The minimum atomic E-state index is 0.0633. The molecule has 4 rings (SSSR count). The SMILES string of the molecule is CN1C2COCC1CC(C(=O)c1nccc3ccccc13)C2. The summed E-state index contributed by atoms with van der Waals surface area (Å²) < 4.78 is 5.64. The summed E-state index contributed by atoms with van der Waals surface area (Å²) in [7, 11) is 2.15. The van der Waals surface area contributed by atoms with Crippen LogP contribution >= 0.6 is 0 Å². The van der Waals surface area contributed by atoms with Crippen molar-refractivity contribution in [3.63, 3.8) is 0 Å². The number of rotatable bonds is 2. The zero-order valence-electron chi connectivity index (χ0n) is 12.7. The van der Waals surface area contributed by atoms with Gasteiger partial charge in [-0.1, -0.05) is 24.3 Å². The van der Waals surface area contributed by atoms with Gasteiger partial charge in [0.15, 0.2) is 5.78 Å². The number of pyridine rings is 1. The van der Waals surface area contributed by atoms with Gasteiger partial charge in [0.25, 0.3) is 0 Å². The highest BCUT2D eigenvalue weighted by Crippen LogP contribution is 2.33. The third kappa shape index (κ3) is 2.23. The van der Waals surface area contributed by atoms with Crippen LogP contribution in [-0.2, 0) is 4.74 Å². The van der Waals surface area contributed by atoms with Crippen molar-refractivity contribution in [3.8, 4) is 0 Å². The van der Waals surface area contributed by atoms with E-state index in [0.29, 0.717) is 17.8 Å². The van der Waals surface area contributed by atoms with E-state index in [-0.39, 0.29) is 11.7 Å². The van der Waals surface area contributed by atoms with Crippen molar-refractivity contribution in [3.05, 3.63) is 42.2 Å². The van der Waals surface area contributed by atoms with Crippen LogP contribution in [-0.4, -0.2) is 48.0 Å². The number of Topliss-reactive ketones (excluding diaryl/α,β-unsaturated/α-hetero) is 1. The number of morpholine rings is 1. The Balaban J connectivity index is 1.66. The summed E-state index contributed by atoms with van der Waals surface area (Å²) in [5.41, 5.74) is 0.631. The van der Waals surface area contributed by atoms with Crippen molar-refractivity contribution >= 4 is 16.6 Å². The molecule has 4 nitrogen and oxygen atoms in total. The van der Waals surface area contributed by atoms with E-state index >= 15 is 0 Å². The average molecular weight is 296 g/mol. The topological polar surface area (TPSA) is 42.4 Å². The molecule has 0 aliphatic carbocycles. The molecule has 22 heavy (non-hydrogen) atoms. The number of carbonyl (C=O) groups is 1. The van der Waals surface area contributed by atoms with Gasteiger partial charge in [0.2, 0.25) is 0 Å². The van der Waals surface area contributed by atoms with E-state index in [1.165, 1.54) is 0 Å². The van der Waals surface area contributed by atoms with Crippen LogP contribution in [0.4, 0.5) is 0 Å². The second kappa shape index (κ2) is 5.45. The van der Waals surface area contributed by atoms with E-state index in [0.717, 1.165) is 36.8 Å². The average Bonchev–Trinajstić information content (AvgIpc) is 2.53. The fraction of sp³-hybridized carbons (Fsp3) is 0.444. The van der Waals surface area contributed by atoms with Crippen molar-refractivity contribution in [2.24, 2.45) is 5.92 Å². The Morgan fingerprint density at radius 2 is 1.91 bits per heavy atom. The van der Waals surface area contributed by atoms with Gasteiger partial charge in [-0.25, -0.2) is 0 Å². The smallest absolute Gasteiger partial charge is 0.184 e. The maximum atomic E-state index is 13.0. The minimum absolute atomic E-state index is 0.0633. The number of hydrogen-bond acceptors (Lipinski definition) is 4. The van der Waals surface area contributed by atoms with E-state index in [2.05, 4.69) is 16.9 Å². The van der Waals surface area contributed by atoms with E-state index in [4.69, 9.17) is 4.74 Å². The van der Waals surface area contributed by atoms with E-state index in [9.17, 15) is 4.79 Å². The maximum absolute atomic E-state index is 13.0. The Kier molecular flexibility index (Phi) is 3.43. The summed E-state index contributed by atoms with van der Waals surface area (Å²) in [6.45, 7) is 1.47. The first-order valence-electron chi connectivity index (χ1n) is 7.91. The van der Waals surface area contributed by atoms with Crippen LogP contribution in [0.1, 0.15) is 23.3 Å². The molecule has 2 bridgehead atoms. The number of piperidine rings is 1. The molecule has 2 aliphatic heterocycles. The lowest BCUT2D eigenvalue weighted by Crippen LogP contribution is -2.55. The molecule has 0 amide bonds. The number of hydrogen-bond donors (Lipinski definition) is 0. The standard InChI is InChI=1S/C18H20N2O2/c1-20-14-8-13(9-15(20)11-22-10-14)18(21)17-16-5-3-2-4-12(16)6-7-19-17/h2-7,13-15H,8-11H2,1H3. The molecule has 0 saturated carbocycles. The molecule has 0 N–H and O–H groups in total. The number of ketones is 1. The molecular weight excluding hydrogens is 276 g/mol. The van der Waals surface area contributed by atoms with Crippen LogP contribution in [0.5, 0.6) is 0 Å². The fourth-order valence-corrected chi connectivity index (χ4v) is 3.82. The number of likely N-dealkylation sites (N-methyl/N-ethyl adjacent to an activating group) is 1. The van der Waals surface area contributed by atoms with Gasteiger partial charge in [-0.2, -0.15) is 0 Å². The second-order valence-electron chi connectivity index (χ2n) is 6.42. The molecule has 0 spiro atoms. The largest absolute Gasteiger partial charge is 0.378 e. The lowest BCUT2D eigenvalue weighted by Gasteiger charge is -2.46. The second-order valence-corrected chi connectivity index (χ2v) is 6.42. The number of nitrogens with zero attached hydrogens (tertiary/aromatic N) is 2. The highest BCUT2D eigenvalue weighted by Gasteiger charge is 2.40. The van der Waals surface area contributed by atoms with E-state index < -0.39 is 0 Å². The Hall–Kier alpha value is -1.78. The molecule has 2 atom stereocenters. The molecule has 3 heterocycles. The van der Waals surface area contributed by atoms with Gasteiger partial charge < -0.3 is 4.74 Å². The predicted molar refractivity (Wildman–Crippen MR) is 85.0 cm³/mol. The van der Waals surface area contributed by atoms with Crippen molar-refractivity contribution in [1.82, 2.24) is 9.88 Å². The molecule has 0 radical (unpaired) electrons. The summed E-state index contributed by atoms with van der Waals surface area (Å²) in [4.78, 5) is 19.8. The summed E-state index contributed by atoms with van der Waals surface area (Å²) >= 11 is 0. The Morgan fingerprint density at radius 3 is 2.68 bits per heavy atom. The van der Waals surface area contributed by atoms with Gasteiger partial charge in [-0.3, -0.25) is 14.7 Å². The van der Waals surface area contributed by atoms with Crippen LogP contribution in [0.3, 0.4) is 0 Å². The number of carbonyl (C=O) groups excluding carboxylic acids is 1. The Labute approximate surface area is 130 Å². The molecule has 2 aliphatic rings. The van der Waals surface area contributed by atoms with Crippen molar-refractivity contribution in [2.45, 2.75) is 24.9 Å². The van der Waals surface area contributed by atoms with Gasteiger partial charge in [-0.05, 0) is 31.3 Å². The van der Waals surface area contributed by atoms with E-state index in [1.54, 1.807) is 6.20 Å². The molecule has 2 saturated heterocycles. The Morgan fingerprint density at radius 1 is 1.18 bits per heavy atom. The maximum Gasteiger partial charge on any atom is 0.184 e. The normalized spacial score (nSPS) is 28.7. The molecule has 2 aromatic rings. The molecule has 4 heteroatoms. The van der Waals surface area contributed by atoms with Gasteiger partial charge in [0.1, 0.15) is 5.69 Å². The fourth-order valence-electron chi connectivity index (χ4n) is 3.82. The number of benzene rings is 1. The number of aromatic nitrogens is 1. The lowest BCUT2D eigenvalue weighted by atomic mass is 9.81. The number of fused-ring (bicyclic) bond motifs is 3. The first kappa shape index (κ1) is 13.9. The zero-order chi connectivity index (χ0) is 15.1. The quantitative estimate of drug-likeness (QED) is 0.799. The van der Waals surface area contributed by atoms with Crippen LogP contribution in [0, 0.1) is 5.92 Å². The Bertz CT molecular complexity index is 696. The molecule has 114 valence electrons. The van der Waals surface area contributed by atoms with Gasteiger partial charge in [0, 0.05) is 29.6 Å². The van der Waals surface area contributed by atoms with Crippen LogP contribution in [0.25, 0.3) is 10.8 Å². The summed E-state index contributed by atoms with van der Waals surface area (Å²) in [6.07, 6.45) is 3.49. The van der Waals surface area contributed by atoms with Crippen molar-refractivity contribution < 1.29 is 9.53 Å². The summed E-state index contributed by atoms with van der Waals surface area (Å²) in [6, 6.07) is 10.7. The first-order valence-corrected chi connectivity index (χ1v) is 7.91. The predicted octanol–water partition coefficient (Wildman–Crippen LogP) is 2.53. The summed E-state index contributed by atoms with van der Waals surface area (Å²) in [5, 5.41) is 2.05. The molecule has 1 aromatic carbocycles. The van der Waals surface area contributed by atoms with Crippen LogP contribution in [0.15, 0.2) is 36.5 Å². The third-order valence-electron chi connectivity index (χ3n) is 5.16.